The van der Waals surface area contributed by atoms with Crippen LogP contribution in [0.25, 0.3) is 11.3 Å². The number of aromatic nitrogens is 5. The SMILES string of the molecule is CN(C)S(=O)(=O)Nc1cnn(-c2cnn3ccc(N4CCCC4c4cc(F)ccc4F)nc23)c1. The lowest BCUT2D eigenvalue weighted by molar-refractivity contribution is 0.527. The number of anilines is 2. The predicted molar refractivity (Wildman–Crippen MR) is 122 cm³/mol. The van der Waals surface area contributed by atoms with Gasteiger partial charge in [0.05, 0.1) is 30.3 Å². The largest absolute Gasteiger partial charge is 0.349 e. The summed E-state index contributed by atoms with van der Waals surface area (Å²) in [6.07, 6.45) is 7.70. The van der Waals surface area contributed by atoms with Gasteiger partial charge in [-0.15, -0.1) is 0 Å². The predicted octanol–water partition coefficient (Wildman–Crippen LogP) is 2.75. The van der Waals surface area contributed by atoms with Gasteiger partial charge in [0.25, 0.3) is 0 Å². The maximum absolute atomic E-state index is 14.5. The van der Waals surface area contributed by atoms with Crippen LogP contribution in [0.15, 0.2) is 49.1 Å². The normalized spacial score (nSPS) is 16.6. The maximum atomic E-state index is 14.5. The first kappa shape index (κ1) is 22.2. The summed E-state index contributed by atoms with van der Waals surface area (Å²) < 4.78 is 59.0. The lowest BCUT2D eigenvalue weighted by atomic mass is 10.0. The monoisotopic (exact) mass is 488 g/mol. The second kappa shape index (κ2) is 8.33. The van der Waals surface area contributed by atoms with E-state index in [0.717, 1.165) is 22.9 Å². The first-order valence-corrected chi connectivity index (χ1v) is 12.0. The summed E-state index contributed by atoms with van der Waals surface area (Å²) in [5.74, 6) is -0.334. The third-order valence-corrected chi connectivity index (χ3v) is 7.21. The Balaban J connectivity index is 1.49. The average molecular weight is 489 g/mol. The van der Waals surface area contributed by atoms with E-state index in [0.29, 0.717) is 35.7 Å². The van der Waals surface area contributed by atoms with Gasteiger partial charge in [-0.05, 0) is 37.1 Å². The molecule has 0 radical (unpaired) electrons. The molecule has 10 nitrogen and oxygen atoms in total. The fraction of sp³-hybridized carbons (Fsp3) is 0.286. The first-order chi connectivity index (χ1) is 16.2. The number of nitrogens with zero attached hydrogens (tertiary/aromatic N) is 7. The Morgan fingerprint density at radius 3 is 2.76 bits per heavy atom. The molecule has 1 unspecified atom stereocenters. The molecule has 3 aromatic heterocycles. The van der Waals surface area contributed by atoms with Crippen LogP contribution in [-0.2, 0) is 10.2 Å². The summed E-state index contributed by atoms with van der Waals surface area (Å²) >= 11 is 0. The second-order valence-corrected chi connectivity index (χ2v) is 10.0. The van der Waals surface area contributed by atoms with Crippen LogP contribution in [0, 0.1) is 11.6 Å². The van der Waals surface area contributed by atoms with Gasteiger partial charge < -0.3 is 4.90 Å². The van der Waals surface area contributed by atoms with Gasteiger partial charge in [0, 0.05) is 32.4 Å². The summed E-state index contributed by atoms with van der Waals surface area (Å²) in [5, 5.41) is 8.53. The van der Waals surface area contributed by atoms with Gasteiger partial charge in [-0.1, -0.05) is 0 Å². The summed E-state index contributed by atoms with van der Waals surface area (Å²) in [6, 6.07) is 4.93. The zero-order chi connectivity index (χ0) is 24.0. The third kappa shape index (κ3) is 3.96. The van der Waals surface area contributed by atoms with Crippen molar-refractivity contribution in [2.45, 2.75) is 18.9 Å². The number of hydrogen-bond acceptors (Lipinski definition) is 6. The molecule has 1 saturated heterocycles. The van der Waals surface area contributed by atoms with Crippen molar-refractivity contribution in [3.05, 3.63) is 66.3 Å². The van der Waals surface area contributed by atoms with E-state index in [1.165, 1.54) is 37.2 Å². The molecule has 0 saturated carbocycles. The molecule has 1 atom stereocenters. The Morgan fingerprint density at radius 1 is 1.15 bits per heavy atom. The highest BCUT2D eigenvalue weighted by Crippen LogP contribution is 2.37. The number of hydrogen-bond donors (Lipinski definition) is 1. The van der Waals surface area contributed by atoms with Crippen LogP contribution in [0.1, 0.15) is 24.4 Å². The van der Waals surface area contributed by atoms with Crippen molar-refractivity contribution in [1.29, 1.82) is 0 Å². The highest BCUT2D eigenvalue weighted by atomic mass is 32.2. The number of benzene rings is 1. The Morgan fingerprint density at radius 2 is 1.97 bits per heavy atom. The van der Waals surface area contributed by atoms with Crippen LogP contribution in [0.5, 0.6) is 0 Å². The topological polar surface area (TPSA) is 101 Å². The molecule has 1 aromatic carbocycles. The van der Waals surface area contributed by atoms with Crippen molar-refractivity contribution in [2.75, 3.05) is 30.3 Å². The molecule has 1 fully saturated rings. The number of halogens is 2. The minimum atomic E-state index is -3.68. The maximum Gasteiger partial charge on any atom is 0.301 e. The number of nitrogens with one attached hydrogen (secondary N) is 1. The van der Waals surface area contributed by atoms with Gasteiger partial charge in [0.1, 0.15) is 23.1 Å². The molecule has 0 bridgehead atoms. The van der Waals surface area contributed by atoms with Gasteiger partial charge in [-0.3, -0.25) is 4.72 Å². The minimum absolute atomic E-state index is 0.283. The minimum Gasteiger partial charge on any atom is -0.349 e. The highest BCUT2D eigenvalue weighted by molar-refractivity contribution is 7.90. The highest BCUT2D eigenvalue weighted by Gasteiger charge is 2.30. The summed E-state index contributed by atoms with van der Waals surface area (Å²) in [7, 11) is -0.834. The van der Waals surface area contributed by atoms with Crippen molar-refractivity contribution < 1.29 is 17.2 Å². The molecule has 178 valence electrons. The Bertz CT molecular complexity index is 1470. The van der Waals surface area contributed by atoms with Crippen LogP contribution in [0.3, 0.4) is 0 Å². The molecule has 0 aliphatic carbocycles. The molecule has 4 heterocycles. The lowest BCUT2D eigenvalue weighted by Gasteiger charge is -2.26. The van der Waals surface area contributed by atoms with Gasteiger partial charge >= 0.3 is 10.2 Å². The molecule has 0 spiro atoms. The Labute approximate surface area is 194 Å². The molecular formula is C21H22F2N8O2S. The Hall–Kier alpha value is -3.58. The van der Waals surface area contributed by atoms with Crippen LogP contribution in [-0.4, -0.2) is 57.7 Å². The van der Waals surface area contributed by atoms with Crippen molar-refractivity contribution in [1.82, 2.24) is 28.7 Å². The zero-order valence-corrected chi connectivity index (χ0v) is 19.2. The molecule has 1 aliphatic rings. The van der Waals surface area contributed by atoms with Crippen molar-refractivity contribution in [3.63, 3.8) is 0 Å². The number of rotatable bonds is 6. The molecule has 1 aliphatic heterocycles. The smallest absolute Gasteiger partial charge is 0.301 e. The van der Waals surface area contributed by atoms with E-state index in [1.807, 2.05) is 4.90 Å². The molecular weight excluding hydrogens is 466 g/mol. The van der Waals surface area contributed by atoms with Crippen LogP contribution in [0.4, 0.5) is 20.3 Å². The van der Waals surface area contributed by atoms with Crippen LogP contribution < -0.4 is 9.62 Å². The molecule has 34 heavy (non-hydrogen) atoms. The van der Waals surface area contributed by atoms with E-state index in [-0.39, 0.29) is 11.7 Å². The van der Waals surface area contributed by atoms with E-state index >= 15 is 0 Å². The van der Waals surface area contributed by atoms with Gasteiger partial charge in [0.15, 0.2) is 5.65 Å². The molecule has 0 amide bonds. The van der Waals surface area contributed by atoms with Crippen molar-refractivity contribution in [2.24, 2.45) is 0 Å². The van der Waals surface area contributed by atoms with Gasteiger partial charge in [-0.25, -0.2) is 23.0 Å². The third-order valence-electron chi connectivity index (χ3n) is 5.76. The van der Waals surface area contributed by atoms with Crippen LogP contribution in [0.2, 0.25) is 0 Å². The fourth-order valence-electron chi connectivity index (χ4n) is 4.05. The quantitative estimate of drug-likeness (QED) is 0.448. The second-order valence-electron chi connectivity index (χ2n) is 8.16. The molecule has 13 heteroatoms. The number of fused-ring (bicyclic) bond motifs is 1. The standard InChI is InChI=1S/C21H22F2N8O2S/c1-28(2)34(32,33)27-15-11-24-31(13-15)19-12-25-30-9-7-20(26-21(19)30)29-8-3-4-18(29)16-10-14(22)5-6-17(16)23/h5-7,9-13,18,27H,3-4,8H2,1-2H3. The lowest BCUT2D eigenvalue weighted by Crippen LogP contribution is -2.28. The van der Waals surface area contributed by atoms with E-state index in [2.05, 4.69) is 14.9 Å². The molecule has 5 rings (SSSR count). The van der Waals surface area contributed by atoms with E-state index in [4.69, 9.17) is 4.98 Å². The first-order valence-electron chi connectivity index (χ1n) is 10.5. The molecule has 1 N–H and O–H groups in total. The van der Waals surface area contributed by atoms with Gasteiger partial charge in [0.2, 0.25) is 0 Å². The summed E-state index contributed by atoms with van der Waals surface area (Å²) in [4.78, 5) is 6.69. The molecule has 4 aromatic rings. The zero-order valence-electron chi connectivity index (χ0n) is 18.4. The van der Waals surface area contributed by atoms with Crippen LogP contribution >= 0.6 is 0 Å². The summed E-state index contributed by atoms with van der Waals surface area (Å²) in [5.41, 5.74) is 1.60. The average Bonchev–Trinajstić information content (AvgIpc) is 3.53. The van der Waals surface area contributed by atoms with Gasteiger partial charge in [-0.2, -0.15) is 22.9 Å². The van der Waals surface area contributed by atoms with Crippen molar-refractivity contribution in [3.8, 4) is 5.69 Å². The van der Waals surface area contributed by atoms with E-state index < -0.39 is 21.8 Å². The van der Waals surface area contributed by atoms with E-state index in [1.54, 1.807) is 23.0 Å². The summed E-state index contributed by atoms with van der Waals surface area (Å²) in [6.45, 7) is 0.644. The Kier molecular flexibility index (Phi) is 5.44. The van der Waals surface area contributed by atoms with Crippen molar-refractivity contribution >= 4 is 27.4 Å². The fourth-order valence-corrected chi connectivity index (χ4v) is 4.64. The van der Waals surface area contributed by atoms with E-state index in [9.17, 15) is 17.2 Å².